The van der Waals surface area contributed by atoms with Crippen LogP contribution in [0.1, 0.15) is 37.8 Å². The van der Waals surface area contributed by atoms with Crippen LogP contribution < -0.4 is 18.1 Å². The summed E-state index contributed by atoms with van der Waals surface area (Å²) in [4.78, 5) is 0. The van der Waals surface area contributed by atoms with Gasteiger partial charge in [0.15, 0.2) is 0 Å². The van der Waals surface area contributed by atoms with Crippen molar-refractivity contribution < 1.29 is 32.7 Å². The van der Waals surface area contributed by atoms with Crippen molar-refractivity contribution in [3.05, 3.63) is 29.3 Å². The third-order valence-electron chi connectivity index (χ3n) is 5.09. The summed E-state index contributed by atoms with van der Waals surface area (Å²) in [6.07, 6.45) is 2.96. The molecule has 0 radical (unpaired) electrons. The minimum Gasteiger partial charge on any atom is -1.00 e. The van der Waals surface area contributed by atoms with Gasteiger partial charge in [-0.2, -0.15) is 0 Å². The van der Waals surface area contributed by atoms with Crippen LogP contribution in [-0.4, -0.2) is 37.6 Å². The summed E-state index contributed by atoms with van der Waals surface area (Å²) in [5.41, 5.74) is 6.94. The van der Waals surface area contributed by atoms with Gasteiger partial charge < -0.3 is 32.7 Å². The first kappa shape index (κ1) is 19.2. The standard InChI is InChI=1S/C17H27NO3.ClH/c1-4-17(5-2)14-11-13(19)7-6-12(14)10-15(16(17)18)21-9-8-20-3;/h6-7,11,15-16,19H,4-5,8-10,18H2,1-3H3;1H/t15-,16+;/m1./s1. The van der Waals surface area contributed by atoms with Crippen molar-refractivity contribution in [3.63, 3.8) is 0 Å². The topological polar surface area (TPSA) is 66.3 Å². The molecule has 0 saturated carbocycles. The normalized spacial score (nSPS) is 22.7. The molecule has 0 bridgehead atoms. The van der Waals surface area contributed by atoms with Gasteiger partial charge in [-0.05, 0) is 36.1 Å². The van der Waals surface area contributed by atoms with Gasteiger partial charge in [-0.3, -0.25) is 0 Å². The Hall–Kier alpha value is -0.810. The third-order valence-corrected chi connectivity index (χ3v) is 5.09. The van der Waals surface area contributed by atoms with E-state index in [-0.39, 0.29) is 30.0 Å². The van der Waals surface area contributed by atoms with Gasteiger partial charge in [-0.25, -0.2) is 0 Å². The second kappa shape index (κ2) is 8.16. The second-order valence-corrected chi connectivity index (χ2v) is 5.92. The molecular weight excluding hydrogens is 302 g/mol. The molecule has 1 aromatic carbocycles. The average Bonchev–Trinajstić information content (AvgIpc) is 2.49. The Kier molecular flexibility index (Phi) is 7.13. The van der Waals surface area contributed by atoms with E-state index in [1.165, 1.54) is 11.1 Å². The number of rotatable bonds is 6. The summed E-state index contributed by atoms with van der Waals surface area (Å²) in [5, 5.41) is 9.87. The number of phenolic OH excluding ortho intramolecular Hbond substituents is 1. The van der Waals surface area contributed by atoms with Crippen LogP contribution >= 0.6 is 0 Å². The van der Waals surface area contributed by atoms with Crippen molar-refractivity contribution in [3.8, 4) is 5.75 Å². The monoisotopic (exact) mass is 329 g/mol. The van der Waals surface area contributed by atoms with Crippen LogP contribution in [0.4, 0.5) is 0 Å². The Morgan fingerprint density at radius 2 is 1.95 bits per heavy atom. The molecule has 1 aliphatic carbocycles. The lowest BCUT2D eigenvalue weighted by Crippen LogP contribution is -3.00. The van der Waals surface area contributed by atoms with Crippen molar-refractivity contribution in [2.24, 2.45) is 0 Å². The second-order valence-electron chi connectivity index (χ2n) is 5.92. The Morgan fingerprint density at radius 1 is 1.27 bits per heavy atom. The Bertz CT molecular complexity index is 477. The van der Waals surface area contributed by atoms with E-state index in [0.717, 1.165) is 19.3 Å². The van der Waals surface area contributed by atoms with Crippen LogP contribution in [0.25, 0.3) is 0 Å². The zero-order valence-electron chi connectivity index (χ0n) is 13.8. The van der Waals surface area contributed by atoms with Crippen molar-refractivity contribution in [2.75, 3.05) is 20.3 Å². The summed E-state index contributed by atoms with van der Waals surface area (Å²) in [5.74, 6) is 0.339. The number of hydrogen-bond donors (Lipinski definition) is 2. The molecule has 1 aromatic rings. The van der Waals surface area contributed by atoms with Crippen LogP contribution in [0.5, 0.6) is 5.75 Å². The van der Waals surface area contributed by atoms with Crippen molar-refractivity contribution >= 4 is 0 Å². The fourth-order valence-corrected chi connectivity index (χ4v) is 3.73. The summed E-state index contributed by atoms with van der Waals surface area (Å²) in [7, 11) is 1.69. The highest BCUT2D eigenvalue weighted by Crippen LogP contribution is 2.43. The van der Waals surface area contributed by atoms with Crippen LogP contribution in [-0.2, 0) is 21.3 Å². The van der Waals surface area contributed by atoms with E-state index in [1.54, 1.807) is 13.2 Å². The number of hydrogen-bond acceptors (Lipinski definition) is 3. The van der Waals surface area contributed by atoms with Gasteiger partial charge in [0.1, 0.15) is 17.9 Å². The largest absolute Gasteiger partial charge is 1.00 e. The number of benzene rings is 1. The first-order valence-electron chi connectivity index (χ1n) is 7.85. The van der Waals surface area contributed by atoms with Crippen molar-refractivity contribution in [1.29, 1.82) is 0 Å². The van der Waals surface area contributed by atoms with Gasteiger partial charge in [0.25, 0.3) is 0 Å². The molecule has 0 heterocycles. The molecule has 4 nitrogen and oxygen atoms in total. The zero-order valence-corrected chi connectivity index (χ0v) is 14.5. The van der Waals surface area contributed by atoms with Gasteiger partial charge >= 0.3 is 0 Å². The zero-order chi connectivity index (χ0) is 15.5. The Labute approximate surface area is 139 Å². The molecule has 2 atom stereocenters. The predicted octanol–water partition coefficient (Wildman–Crippen LogP) is -1.35. The highest BCUT2D eigenvalue weighted by molar-refractivity contribution is 5.44. The number of quaternary nitrogens is 1. The molecule has 5 heteroatoms. The molecular formula is C17H28ClNO3. The quantitative estimate of drug-likeness (QED) is 0.634. The fraction of sp³-hybridized carbons (Fsp3) is 0.647. The van der Waals surface area contributed by atoms with E-state index in [9.17, 15) is 5.11 Å². The average molecular weight is 330 g/mol. The molecule has 4 N–H and O–H groups in total. The smallest absolute Gasteiger partial charge is 0.121 e. The lowest BCUT2D eigenvalue weighted by molar-refractivity contribution is -0.460. The molecule has 0 aromatic heterocycles. The maximum atomic E-state index is 9.87. The van der Waals surface area contributed by atoms with Gasteiger partial charge in [0, 0.05) is 18.9 Å². The minimum atomic E-state index is -0.0237. The van der Waals surface area contributed by atoms with E-state index in [4.69, 9.17) is 9.47 Å². The molecule has 0 aliphatic heterocycles. The highest BCUT2D eigenvalue weighted by atomic mass is 35.5. The molecule has 0 unspecified atom stereocenters. The first-order chi connectivity index (χ1) is 10.1. The maximum Gasteiger partial charge on any atom is 0.121 e. The SMILES string of the molecule is CCC1(CC)c2cc(O)ccc2C[C@@H](OCCOC)[C@@H]1[NH3+].[Cl-]. The highest BCUT2D eigenvalue weighted by Gasteiger charge is 2.48. The maximum absolute atomic E-state index is 9.87. The summed E-state index contributed by atoms with van der Waals surface area (Å²) < 4.78 is 11.1. The van der Waals surface area contributed by atoms with Crippen LogP contribution in [0.2, 0.25) is 0 Å². The first-order valence-corrected chi connectivity index (χ1v) is 7.85. The Balaban J connectivity index is 0.00000242. The number of methoxy groups -OCH3 is 1. The molecule has 0 fully saturated rings. The number of aromatic hydroxyl groups is 1. The van der Waals surface area contributed by atoms with Gasteiger partial charge in [-0.1, -0.05) is 19.9 Å². The van der Waals surface area contributed by atoms with E-state index >= 15 is 0 Å². The van der Waals surface area contributed by atoms with E-state index < -0.39 is 0 Å². The lowest BCUT2D eigenvalue weighted by Gasteiger charge is -2.44. The van der Waals surface area contributed by atoms with Crippen LogP contribution in [0.3, 0.4) is 0 Å². The number of phenols is 1. The number of fused-ring (bicyclic) bond motifs is 1. The molecule has 2 rings (SSSR count). The fourth-order valence-electron chi connectivity index (χ4n) is 3.73. The van der Waals surface area contributed by atoms with E-state index in [2.05, 4.69) is 19.6 Å². The van der Waals surface area contributed by atoms with Crippen LogP contribution in [0.15, 0.2) is 18.2 Å². The van der Waals surface area contributed by atoms with Gasteiger partial charge in [0.2, 0.25) is 0 Å². The Morgan fingerprint density at radius 3 is 2.55 bits per heavy atom. The molecule has 22 heavy (non-hydrogen) atoms. The molecule has 0 saturated heterocycles. The van der Waals surface area contributed by atoms with E-state index in [0.29, 0.717) is 19.0 Å². The minimum absolute atomic E-state index is 0. The summed E-state index contributed by atoms with van der Waals surface area (Å²) in [6.45, 7) is 5.61. The molecule has 0 spiro atoms. The van der Waals surface area contributed by atoms with Crippen molar-refractivity contribution in [2.45, 2.75) is 50.7 Å². The third kappa shape index (κ3) is 3.40. The van der Waals surface area contributed by atoms with Crippen LogP contribution in [0, 0.1) is 0 Å². The van der Waals surface area contributed by atoms with Gasteiger partial charge in [-0.15, -0.1) is 0 Å². The summed E-state index contributed by atoms with van der Waals surface area (Å²) >= 11 is 0. The number of ether oxygens (including phenoxy) is 2. The number of halogens is 1. The van der Waals surface area contributed by atoms with E-state index in [1.807, 2.05) is 12.1 Å². The molecule has 1 aliphatic rings. The van der Waals surface area contributed by atoms with Gasteiger partial charge in [0.05, 0.1) is 13.2 Å². The molecule has 0 amide bonds. The predicted molar refractivity (Wildman–Crippen MR) is 82.4 cm³/mol. The molecule has 126 valence electrons. The summed E-state index contributed by atoms with van der Waals surface area (Å²) in [6, 6.07) is 5.90. The lowest BCUT2D eigenvalue weighted by atomic mass is 9.63. The van der Waals surface area contributed by atoms with Crippen molar-refractivity contribution in [1.82, 2.24) is 0 Å².